The summed E-state index contributed by atoms with van der Waals surface area (Å²) in [7, 11) is 0. The molecule has 1 aliphatic heterocycles. The van der Waals surface area contributed by atoms with Crippen LogP contribution < -0.4 is 4.90 Å². The van der Waals surface area contributed by atoms with Crippen molar-refractivity contribution >= 4 is 22.0 Å². The molecule has 0 aromatic carbocycles. The van der Waals surface area contributed by atoms with Crippen molar-refractivity contribution in [3.05, 3.63) is 21.1 Å². The van der Waals surface area contributed by atoms with Gasteiger partial charge in [-0.3, -0.25) is 10.1 Å². The quantitative estimate of drug-likeness (QED) is 0.622. The second-order valence-electron chi connectivity index (χ2n) is 5.13. The summed E-state index contributed by atoms with van der Waals surface area (Å²) in [5, 5.41) is 30.4. The van der Waals surface area contributed by atoms with E-state index in [0.29, 0.717) is 16.3 Å². The van der Waals surface area contributed by atoms with Crippen molar-refractivity contribution in [2.24, 2.45) is 0 Å². The van der Waals surface area contributed by atoms with Crippen molar-refractivity contribution in [3.63, 3.8) is 0 Å². The summed E-state index contributed by atoms with van der Waals surface area (Å²) in [5.74, 6) is 0. The first-order valence-corrected chi connectivity index (χ1v) is 7.70. The van der Waals surface area contributed by atoms with Crippen LogP contribution in [0.25, 0.3) is 0 Å². The molecule has 0 saturated carbocycles. The van der Waals surface area contributed by atoms with Crippen LogP contribution >= 0.6 is 11.3 Å². The van der Waals surface area contributed by atoms with Gasteiger partial charge in [-0.05, 0) is 32.6 Å². The lowest BCUT2D eigenvalue weighted by Crippen LogP contribution is -2.29. The molecular formula is C13H20N2O4S. The number of nitro groups is 1. The van der Waals surface area contributed by atoms with Crippen molar-refractivity contribution in [1.82, 2.24) is 0 Å². The van der Waals surface area contributed by atoms with E-state index in [1.165, 1.54) is 17.4 Å². The zero-order valence-electron chi connectivity index (χ0n) is 11.5. The van der Waals surface area contributed by atoms with Gasteiger partial charge in [0.25, 0.3) is 0 Å². The molecular weight excluding hydrogens is 280 g/mol. The van der Waals surface area contributed by atoms with Crippen LogP contribution in [0.2, 0.25) is 0 Å². The fourth-order valence-electron chi connectivity index (χ4n) is 2.66. The predicted molar refractivity (Wildman–Crippen MR) is 78.3 cm³/mol. The van der Waals surface area contributed by atoms with Crippen LogP contribution in [0.3, 0.4) is 0 Å². The fourth-order valence-corrected chi connectivity index (χ4v) is 3.82. The number of nitrogens with zero attached hydrogens (tertiary/aromatic N) is 2. The van der Waals surface area contributed by atoms with Crippen LogP contribution in [0.1, 0.15) is 43.6 Å². The Morgan fingerprint density at radius 2 is 2.40 bits per heavy atom. The van der Waals surface area contributed by atoms with Crippen LogP contribution in [-0.2, 0) is 0 Å². The molecule has 6 nitrogen and oxygen atoms in total. The summed E-state index contributed by atoms with van der Waals surface area (Å²) in [5.41, 5.74) is 0.0850. The van der Waals surface area contributed by atoms with E-state index in [9.17, 15) is 15.2 Å². The van der Waals surface area contributed by atoms with Crippen LogP contribution in [0.4, 0.5) is 10.7 Å². The normalized spacial score (nSPS) is 20.4. The molecule has 0 spiro atoms. The van der Waals surface area contributed by atoms with Gasteiger partial charge in [-0.15, -0.1) is 11.3 Å². The van der Waals surface area contributed by atoms with Gasteiger partial charge < -0.3 is 15.1 Å². The van der Waals surface area contributed by atoms with E-state index in [1.54, 1.807) is 6.92 Å². The number of rotatable bonds is 6. The Bertz CT molecular complexity index is 475. The van der Waals surface area contributed by atoms with Crippen molar-refractivity contribution < 1.29 is 15.1 Å². The lowest BCUT2D eigenvalue weighted by molar-refractivity contribution is -0.383. The van der Waals surface area contributed by atoms with E-state index in [4.69, 9.17) is 5.11 Å². The molecule has 2 atom stereocenters. The summed E-state index contributed by atoms with van der Waals surface area (Å²) in [4.78, 5) is 13.5. The lowest BCUT2D eigenvalue weighted by Gasteiger charge is -2.24. The molecule has 0 amide bonds. The molecule has 2 N–H and O–H groups in total. The summed E-state index contributed by atoms with van der Waals surface area (Å²) in [6.07, 6.45) is 2.87. The third-order valence-corrected chi connectivity index (χ3v) is 4.99. The monoisotopic (exact) mass is 300 g/mol. The van der Waals surface area contributed by atoms with Crippen molar-refractivity contribution in [1.29, 1.82) is 0 Å². The van der Waals surface area contributed by atoms with Gasteiger partial charge in [0.1, 0.15) is 0 Å². The Hall–Kier alpha value is -1.18. The summed E-state index contributed by atoms with van der Waals surface area (Å²) >= 11 is 1.30. The van der Waals surface area contributed by atoms with Gasteiger partial charge in [0.05, 0.1) is 11.0 Å². The predicted octanol–water partition coefficient (Wildman–Crippen LogP) is 2.45. The number of hydrogen-bond acceptors (Lipinski definition) is 6. The number of anilines is 1. The molecule has 0 bridgehead atoms. The highest BCUT2D eigenvalue weighted by atomic mass is 32.1. The minimum Gasteiger partial charge on any atom is -0.396 e. The Kier molecular flexibility index (Phi) is 4.95. The summed E-state index contributed by atoms with van der Waals surface area (Å²) in [6.45, 7) is 2.57. The Morgan fingerprint density at radius 1 is 1.65 bits per heavy atom. The molecule has 1 aliphatic rings. The van der Waals surface area contributed by atoms with E-state index < -0.39 is 6.10 Å². The Morgan fingerprint density at radius 3 is 3.00 bits per heavy atom. The number of aliphatic hydroxyl groups is 2. The highest BCUT2D eigenvalue weighted by Gasteiger charge is 2.32. The Labute approximate surface area is 121 Å². The summed E-state index contributed by atoms with van der Waals surface area (Å²) < 4.78 is 0. The zero-order chi connectivity index (χ0) is 14.7. The molecule has 2 unspecified atom stereocenters. The third-order valence-electron chi connectivity index (χ3n) is 3.65. The fraction of sp³-hybridized carbons (Fsp3) is 0.692. The van der Waals surface area contributed by atoms with E-state index in [0.717, 1.165) is 25.8 Å². The average Bonchev–Trinajstić information content (AvgIpc) is 3.02. The third kappa shape index (κ3) is 3.11. The van der Waals surface area contributed by atoms with Crippen molar-refractivity contribution in [2.45, 2.75) is 44.8 Å². The van der Waals surface area contributed by atoms with E-state index in [-0.39, 0.29) is 23.3 Å². The molecule has 112 valence electrons. The second kappa shape index (κ2) is 6.51. The average molecular weight is 300 g/mol. The van der Waals surface area contributed by atoms with Gasteiger partial charge in [-0.25, -0.2) is 0 Å². The molecule has 0 radical (unpaired) electrons. The van der Waals surface area contributed by atoms with Gasteiger partial charge in [-0.1, -0.05) is 0 Å². The lowest BCUT2D eigenvalue weighted by atomic mass is 10.1. The largest absolute Gasteiger partial charge is 0.396 e. The van der Waals surface area contributed by atoms with Gasteiger partial charge >= 0.3 is 5.69 Å². The molecule has 2 heterocycles. The first-order valence-electron chi connectivity index (χ1n) is 6.88. The minimum absolute atomic E-state index is 0.0850. The van der Waals surface area contributed by atoms with Gasteiger partial charge in [-0.2, -0.15) is 0 Å². The highest BCUT2D eigenvalue weighted by Crippen LogP contribution is 2.43. The van der Waals surface area contributed by atoms with Crippen molar-refractivity contribution in [2.75, 3.05) is 18.1 Å². The topological polar surface area (TPSA) is 86.8 Å². The highest BCUT2D eigenvalue weighted by molar-refractivity contribution is 7.16. The maximum atomic E-state index is 11.2. The summed E-state index contributed by atoms with van der Waals surface area (Å²) in [6, 6.07) is 1.73. The van der Waals surface area contributed by atoms with E-state index in [2.05, 4.69) is 4.90 Å². The van der Waals surface area contributed by atoms with Crippen LogP contribution in [0.15, 0.2) is 6.07 Å². The van der Waals surface area contributed by atoms with Gasteiger partial charge in [0.2, 0.25) is 0 Å². The molecule has 1 fully saturated rings. The molecule has 1 aromatic heterocycles. The van der Waals surface area contributed by atoms with E-state index >= 15 is 0 Å². The maximum absolute atomic E-state index is 11.2. The van der Waals surface area contributed by atoms with Crippen LogP contribution in [0.5, 0.6) is 0 Å². The number of thiophene rings is 1. The van der Waals surface area contributed by atoms with Crippen molar-refractivity contribution in [3.8, 4) is 0 Å². The molecule has 1 saturated heterocycles. The van der Waals surface area contributed by atoms with Crippen LogP contribution in [0, 0.1) is 10.1 Å². The SMILES string of the molecule is CC(O)c1cc([N+](=O)[O-])c(N2CCCC2CCCO)s1. The number of aliphatic hydroxyl groups excluding tert-OH is 2. The minimum atomic E-state index is -0.689. The van der Waals surface area contributed by atoms with Gasteiger partial charge in [0, 0.05) is 30.1 Å². The zero-order valence-corrected chi connectivity index (χ0v) is 12.3. The molecule has 1 aromatic rings. The Balaban J connectivity index is 2.27. The van der Waals surface area contributed by atoms with E-state index in [1.807, 2.05) is 0 Å². The first kappa shape index (κ1) is 15.2. The van der Waals surface area contributed by atoms with Crippen LogP contribution in [-0.4, -0.2) is 34.3 Å². The second-order valence-corrected chi connectivity index (χ2v) is 6.19. The molecule has 2 rings (SSSR count). The molecule has 20 heavy (non-hydrogen) atoms. The first-order chi connectivity index (χ1) is 9.54. The maximum Gasteiger partial charge on any atom is 0.304 e. The van der Waals surface area contributed by atoms with Gasteiger partial charge in [0.15, 0.2) is 5.00 Å². The number of hydrogen-bond donors (Lipinski definition) is 2. The molecule has 0 aliphatic carbocycles. The smallest absolute Gasteiger partial charge is 0.304 e. The standard InChI is InChI=1S/C13H20N2O4S/c1-9(17)12-8-11(15(18)19)13(20-12)14-6-2-4-10(14)5-3-7-16/h8-10,16-17H,2-7H2,1H3. The molecule has 7 heteroatoms.